The Morgan fingerprint density at radius 2 is 2.00 bits per heavy atom. The number of amides is 2. The molecule has 2 aromatic rings. The van der Waals surface area contributed by atoms with E-state index < -0.39 is 0 Å². The van der Waals surface area contributed by atoms with Crippen LogP contribution < -0.4 is 4.74 Å². The lowest BCUT2D eigenvalue weighted by molar-refractivity contribution is -0.139. The summed E-state index contributed by atoms with van der Waals surface area (Å²) in [6, 6.07) is 8.02. The van der Waals surface area contributed by atoms with Crippen molar-refractivity contribution in [2.45, 2.75) is 25.3 Å². The van der Waals surface area contributed by atoms with Gasteiger partial charge in [0.15, 0.2) is 0 Å². The second-order valence-electron chi connectivity index (χ2n) is 8.83. The van der Waals surface area contributed by atoms with Gasteiger partial charge in [-0.25, -0.2) is 4.39 Å². The summed E-state index contributed by atoms with van der Waals surface area (Å²) in [4.78, 5) is 34.2. The number of pyridine rings is 1. The molecule has 1 saturated carbocycles. The monoisotopic (exact) mass is 423 g/mol. The Hall–Kier alpha value is -2.96. The summed E-state index contributed by atoms with van der Waals surface area (Å²) in [5, 5.41) is 0. The Morgan fingerprint density at radius 3 is 2.71 bits per heavy atom. The van der Waals surface area contributed by atoms with Crippen molar-refractivity contribution < 1.29 is 18.7 Å². The number of halogens is 1. The van der Waals surface area contributed by atoms with Gasteiger partial charge >= 0.3 is 0 Å². The van der Waals surface area contributed by atoms with E-state index in [9.17, 15) is 14.0 Å². The predicted molar refractivity (Wildman–Crippen MR) is 112 cm³/mol. The first-order valence-corrected chi connectivity index (χ1v) is 10.9. The van der Waals surface area contributed by atoms with Gasteiger partial charge in [-0.05, 0) is 36.6 Å². The number of benzene rings is 1. The van der Waals surface area contributed by atoms with E-state index in [1.165, 1.54) is 19.2 Å². The Balaban J connectivity index is 1.42. The van der Waals surface area contributed by atoms with Crippen LogP contribution in [0.4, 0.5) is 4.39 Å². The maximum absolute atomic E-state index is 14.1. The molecule has 0 unspecified atom stereocenters. The molecule has 2 aliphatic heterocycles. The molecule has 1 aliphatic carbocycles. The Bertz CT molecular complexity index is 1010. The SMILES string of the molecule is COc1cnccc1C(=O)N1C[C@H]2CN(C(=O)C3CCC3)[C@H](c3cccc(F)c3)[C@H]2C1. The quantitative estimate of drug-likeness (QED) is 0.757. The molecule has 162 valence electrons. The van der Waals surface area contributed by atoms with Gasteiger partial charge in [-0.1, -0.05) is 18.6 Å². The average Bonchev–Trinajstić information content (AvgIpc) is 3.30. The zero-order valence-corrected chi connectivity index (χ0v) is 17.5. The Morgan fingerprint density at radius 1 is 1.16 bits per heavy atom. The number of likely N-dealkylation sites (tertiary alicyclic amines) is 2. The van der Waals surface area contributed by atoms with E-state index in [4.69, 9.17) is 4.74 Å². The number of nitrogens with zero attached hydrogens (tertiary/aromatic N) is 3. The minimum absolute atomic E-state index is 0.0857. The van der Waals surface area contributed by atoms with Crippen molar-refractivity contribution in [3.8, 4) is 5.75 Å². The summed E-state index contributed by atoms with van der Waals surface area (Å²) in [5.41, 5.74) is 1.30. The molecule has 7 heteroatoms. The van der Waals surface area contributed by atoms with Crippen molar-refractivity contribution in [1.82, 2.24) is 14.8 Å². The van der Waals surface area contributed by atoms with Crippen LogP contribution in [0.1, 0.15) is 41.2 Å². The van der Waals surface area contributed by atoms with Gasteiger partial charge in [-0.15, -0.1) is 0 Å². The van der Waals surface area contributed by atoms with Gasteiger partial charge < -0.3 is 14.5 Å². The average molecular weight is 423 g/mol. The fourth-order valence-electron chi connectivity index (χ4n) is 5.33. The van der Waals surface area contributed by atoms with E-state index in [1.807, 2.05) is 15.9 Å². The first-order valence-electron chi connectivity index (χ1n) is 10.9. The van der Waals surface area contributed by atoms with Crippen LogP contribution in [0.25, 0.3) is 0 Å². The molecular weight excluding hydrogens is 397 g/mol. The van der Waals surface area contributed by atoms with Crippen LogP contribution in [0.2, 0.25) is 0 Å². The normalized spacial score (nSPS) is 25.3. The van der Waals surface area contributed by atoms with E-state index >= 15 is 0 Å². The minimum Gasteiger partial charge on any atom is -0.494 e. The molecule has 3 aliphatic rings. The second kappa shape index (κ2) is 7.94. The molecular formula is C24H26FN3O3. The lowest BCUT2D eigenvalue weighted by Gasteiger charge is -2.35. The van der Waals surface area contributed by atoms with Crippen LogP contribution in [-0.2, 0) is 4.79 Å². The van der Waals surface area contributed by atoms with E-state index in [1.54, 1.807) is 24.5 Å². The molecule has 5 rings (SSSR count). The number of ether oxygens (including phenoxy) is 1. The number of aromatic nitrogens is 1. The van der Waals surface area contributed by atoms with Crippen molar-refractivity contribution in [2.24, 2.45) is 17.8 Å². The number of hydrogen-bond acceptors (Lipinski definition) is 4. The third-order valence-corrected chi connectivity index (χ3v) is 7.11. The lowest BCUT2D eigenvalue weighted by Crippen LogP contribution is -2.41. The molecule has 3 fully saturated rings. The highest BCUT2D eigenvalue weighted by molar-refractivity contribution is 5.97. The van der Waals surface area contributed by atoms with Crippen molar-refractivity contribution in [3.63, 3.8) is 0 Å². The van der Waals surface area contributed by atoms with Gasteiger partial charge in [0.1, 0.15) is 11.6 Å². The molecule has 0 N–H and O–H groups in total. The third-order valence-electron chi connectivity index (χ3n) is 7.11. The maximum Gasteiger partial charge on any atom is 0.257 e. The fraction of sp³-hybridized carbons (Fsp3) is 0.458. The topological polar surface area (TPSA) is 62.7 Å². The number of hydrogen-bond donors (Lipinski definition) is 0. The number of fused-ring (bicyclic) bond motifs is 1. The van der Waals surface area contributed by atoms with Gasteiger partial charge in [-0.2, -0.15) is 0 Å². The Labute approximate surface area is 181 Å². The molecule has 6 nitrogen and oxygen atoms in total. The summed E-state index contributed by atoms with van der Waals surface area (Å²) in [5.74, 6) is 0.593. The van der Waals surface area contributed by atoms with Gasteiger partial charge in [-0.3, -0.25) is 14.6 Å². The molecule has 3 heterocycles. The highest BCUT2D eigenvalue weighted by Gasteiger charge is 2.51. The summed E-state index contributed by atoms with van der Waals surface area (Å²) in [7, 11) is 1.52. The van der Waals surface area contributed by atoms with Crippen molar-refractivity contribution in [1.29, 1.82) is 0 Å². The highest BCUT2D eigenvalue weighted by atomic mass is 19.1. The predicted octanol–water partition coefficient (Wildman–Crippen LogP) is 3.30. The summed E-state index contributed by atoms with van der Waals surface area (Å²) >= 11 is 0. The number of carbonyl (C=O) groups is 2. The number of rotatable bonds is 4. The van der Waals surface area contributed by atoms with Crippen LogP contribution in [-0.4, -0.2) is 53.3 Å². The van der Waals surface area contributed by atoms with Gasteiger partial charge in [0.05, 0.1) is 24.9 Å². The van der Waals surface area contributed by atoms with E-state index in [2.05, 4.69) is 4.98 Å². The third kappa shape index (κ3) is 3.46. The van der Waals surface area contributed by atoms with Crippen LogP contribution in [0.3, 0.4) is 0 Å². The number of carbonyl (C=O) groups excluding carboxylic acids is 2. The molecule has 2 saturated heterocycles. The largest absolute Gasteiger partial charge is 0.494 e. The molecule has 2 amide bonds. The first-order chi connectivity index (χ1) is 15.1. The molecule has 3 atom stereocenters. The van der Waals surface area contributed by atoms with Gasteiger partial charge in [0.2, 0.25) is 5.91 Å². The van der Waals surface area contributed by atoms with Gasteiger partial charge in [0, 0.05) is 43.6 Å². The maximum atomic E-state index is 14.1. The minimum atomic E-state index is -0.301. The van der Waals surface area contributed by atoms with Crippen molar-refractivity contribution >= 4 is 11.8 Å². The zero-order valence-electron chi connectivity index (χ0n) is 17.5. The Kier molecular flexibility index (Phi) is 5.12. The van der Waals surface area contributed by atoms with E-state index in [0.29, 0.717) is 30.9 Å². The molecule has 1 aromatic heterocycles. The summed E-state index contributed by atoms with van der Waals surface area (Å²) in [6.07, 6.45) is 6.09. The standard InChI is InChI=1S/C24H26FN3O3/c1-31-21-11-26-9-8-19(21)24(30)27-12-17-13-28(23(29)15-4-2-5-15)22(20(17)14-27)16-6-3-7-18(25)10-16/h3,6-11,15,17,20,22H,2,4-5,12-14H2,1H3/t17-,20-,22+/m0/s1. The van der Waals surface area contributed by atoms with E-state index in [-0.39, 0.29) is 41.4 Å². The zero-order chi connectivity index (χ0) is 21.5. The fourth-order valence-corrected chi connectivity index (χ4v) is 5.33. The molecule has 0 bridgehead atoms. The van der Waals surface area contributed by atoms with Crippen LogP contribution in [0, 0.1) is 23.6 Å². The summed E-state index contributed by atoms with van der Waals surface area (Å²) in [6.45, 7) is 1.72. The van der Waals surface area contributed by atoms with Crippen LogP contribution in [0.5, 0.6) is 5.75 Å². The van der Waals surface area contributed by atoms with Crippen LogP contribution >= 0.6 is 0 Å². The first kappa shape index (κ1) is 20.0. The smallest absolute Gasteiger partial charge is 0.257 e. The van der Waals surface area contributed by atoms with Crippen molar-refractivity contribution in [3.05, 3.63) is 59.7 Å². The van der Waals surface area contributed by atoms with Crippen molar-refractivity contribution in [2.75, 3.05) is 26.7 Å². The number of methoxy groups -OCH3 is 1. The second-order valence-corrected chi connectivity index (χ2v) is 8.83. The lowest BCUT2D eigenvalue weighted by atomic mass is 9.83. The molecule has 1 aromatic carbocycles. The van der Waals surface area contributed by atoms with E-state index in [0.717, 1.165) is 24.8 Å². The molecule has 0 spiro atoms. The molecule has 0 radical (unpaired) electrons. The highest BCUT2D eigenvalue weighted by Crippen LogP contribution is 2.47. The van der Waals surface area contributed by atoms with Gasteiger partial charge in [0.25, 0.3) is 5.91 Å². The molecule has 31 heavy (non-hydrogen) atoms. The van der Waals surface area contributed by atoms with Crippen LogP contribution in [0.15, 0.2) is 42.7 Å². The summed E-state index contributed by atoms with van der Waals surface area (Å²) < 4.78 is 19.4.